The van der Waals surface area contributed by atoms with Crippen molar-refractivity contribution in [2.45, 2.75) is 111 Å². The number of phenolic OH excluding ortho intramolecular Hbond substituents is 2. The predicted molar refractivity (Wildman–Crippen MR) is 174 cm³/mol. The summed E-state index contributed by atoms with van der Waals surface area (Å²) in [4.78, 5) is 40.4. The highest BCUT2D eigenvalue weighted by atomic mass is 16.6. The van der Waals surface area contributed by atoms with Crippen molar-refractivity contribution in [3.63, 3.8) is 0 Å². The molecule has 1 aromatic rings. The minimum absolute atomic E-state index is 0.0133. The Bertz CT molecular complexity index is 1620. The number of hydrogen-bond acceptors (Lipinski definition) is 7. The lowest BCUT2D eigenvalue weighted by atomic mass is 9.51. The molecule has 2 fully saturated rings. The fourth-order valence-electron chi connectivity index (χ4n) is 7.77. The topological polar surface area (TPSA) is 110 Å². The molecule has 2 heterocycles. The number of fused-ring (bicyclic) bond motifs is 1. The van der Waals surface area contributed by atoms with Crippen molar-refractivity contribution in [1.82, 2.24) is 0 Å². The Morgan fingerprint density at radius 1 is 0.933 bits per heavy atom. The molecule has 7 heteroatoms. The average molecular weight is 615 g/mol. The quantitative estimate of drug-likeness (QED) is 0.161. The third-order valence-electron chi connectivity index (χ3n) is 10.0. The number of aldehydes is 1. The summed E-state index contributed by atoms with van der Waals surface area (Å²) in [6.07, 6.45) is 12.9. The first-order valence-corrected chi connectivity index (χ1v) is 16.0. The Balaban J connectivity index is 1.71. The summed E-state index contributed by atoms with van der Waals surface area (Å²) in [7, 11) is 0. The second-order valence-electron chi connectivity index (χ2n) is 14.2. The lowest BCUT2D eigenvalue weighted by molar-refractivity contribution is -0.171. The highest BCUT2D eigenvalue weighted by Gasteiger charge is 2.81. The van der Waals surface area contributed by atoms with Crippen LogP contribution in [0.2, 0.25) is 0 Å². The molecule has 5 aliphatic rings. The summed E-state index contributed by atoms with van der Waals surface area (Å²) in [5.41, 5.74) is 0.953. The smallest absolute Gasteiger partial charge is 0.200 e. The van der Waals surface area contributed by atoms with Gasteiger partial charge in [-0.25, -0.2) is 0 Å². The standard InChI is InChI=1S/C38H46O7/c1-21(2)10-9-11-23(5)13-15-26-31(40)27(14-12-22(3)4)34-30(32(26)41)33(42)28-18-25-19-29-36(7,8)45-37(35(25)43,38(28,29)44-34)17-16-24(6)20-39/h10,12-13,16,18,20,25,29,40-41H,9,11,14-15,17,19H2,1-8H3/b23-13+,24-16+/t25-,29?,37?,38-/m1/s1. The van der Waals surface area contributed by atoms with Crippen LogP contribution in [-0.4, -0.2) is 44.9 Å². The number of carbonyl (C=O) groups excluding carboxylic acids is 3. The van der Waals surface area contributed by atoms with E-state index in [4.69, 9.17) is 9.47 Å². The Morgan fingerprint density at radius 3 is 2.24 bits per heavy atom. The summed E-state index contributed by atoms with van der Waals surface area (Å²) >= 11 is 0. The first-order chi connectivity index (χ1) is 21.1. The summed E-state index contributed by atoms with van der Waals surface area (Å²) in [6, 6.07) is 0. The number of benzene rings is 1. The van der Waals surface area contributed by atoms with E-state index in [0.29, 0.717) is 23.1 Å². The highest BCUT2D eigenvalue weighted by molar-refractivity contribution is 6.18. The van der Waals surface area contributed by atoms with Gasteiger partial charge in [0.15, 0.2) is 22.8 Å². The number of phenols is 2. The second kappa shape index (κ2) is 11.6. The third-order valence-corrected chi connectivity index (χ3v) is 10.0. The van der Waals surface area contributed by atoms with Gasteiger partial charge >= 0.3 is 0 Å². The molecule has 1 aromatic carbocycles. The molecular weight excluding hydrogens is 568 g/mol. The van der Waals surface area contributed by atoms with Gasteiger partial charge in [-0.15, -0.1) is 0 Å². The number of rotatable bonds is 10. The van der Waals surface area contributed by atoms with E-state index >= 15 is 0 Å². The molecule has 3 aliphatic carbocycles. The van der Waals surface area contributed by atoms with Gasteiger partial charge in [-0.05, 0) is 93.1 Å². The number of hydrogen-bond donors (Lipinski definition) is 2. The number of aromatic hydroxyl groups is 2. The van der Waals surface area contributed by atoms with Crippen molar-refractivity contribution >= 4 is 17.9 Å². The lowest BCUT2D eigenvalue weighted by Gasteiger charge is -2.56. The zero-order valence-corrected chi connectivity index (χ0v) is 27.8. The lowest BCUT2D eigenvalue weighted by Crippen LogP contribution is -2.72. The number of ketones is 2. The van der Waals surface area contributed by atoms with Crippen molar-refractivity contribution < 1.29 is 34.1 Å². The van der Waals surface area contributed by atoms with Gasteiger partial charge in [0.25, 0.3) is 0 Å². The van der Waals surface area contributed by atoms with Crippen LogP contribution in [0.4, 0.5) is 0 Å². The van der Waals surface area contributed by atoms with Gasteiger partial charge in [-0.2, -0.15) is 0 Å². The molecule has 0 aromatic heterocycles. The average Bonchev–Trinajstić information content (AvgIpc) is 3.12. The summed E-state index contributed by atoms with van der Waals surface area (Å²) in [6.45, 7) is 15.5. The summed E-state index contributed by atoms with van der Waals surface area (Å²) < 4.78 is 13.7. The summed E-state index contributed by atoms with van der Waals surface area (Å²) in [5, 5.41) is 23.4. The van der Waals surface area contributed by atoms with Crippen LogP contribution < -0.4 is 4.74 Å². The molecule has 2 aliphatic heterocycles. The van der Waals surface area contributed by atoms with Crippen LogP contribution in [0.3, 0.4) is 0 Å². The van der Waals surface area contributed by atoms with Gasteiger partial charge < -0.3 is 19.7 Å². The van der Waals surface area contributed by atoms with Crippen molar-refractivity contribution in [2.75, 3.05) is 0 Å². The monoisotopic (exact) mass is 614 g/mol. The molecule has 2 N–H and O–H groups in total. The van der Waals surface area contributed by atoms with Crippen LogP contribution in [0.5, 0.6) is 17.2 Å². The molecule has 1 saturated carbocycles. The summed E-state index contributed by atoms with van der Waals surface area (Å²) in [5.74, 6) is -1.83. The van der Waals surface area contributed by atoms with Gasteiger partial charge in [-0.1, -0.05) is 47.1 Å². The fourth-order valence-corrected chi connectivity index (χ4v) is 7.77. The number of ether oxygens (including phenoxy) is 2. The van der Waals surface area contributed by atoms with Crippen molar-refractivity contribution in [1.29, 1.82) is 0 Å². The van der Waals surface area contributed by atoms with Crippen molar-refractivity contribution in [3.8, 4) is 17.2 Å². The maximum atomic E-state index is 14.7. The van der Waals surface area contributed by atoms with E-state index in [9.17, 15) is 24.6 Å². The first kappa shape index (κ1) is 32.7. The SMILES string of the molecule is CC(C)=CCC/C(C)=C/Cc1c(O)c(CC=C(C)C)c2c(c1O)C(=O)C1=C[C@@H]3CC4C(C)(C)OC(C/C=C(\C)C=O)(C3=O)[C@@]14O2. The van der Waals surface area contributed by atoms with Crippen LogP contribution in [0, 0.1) is 11.8 Å². The first-order valence-electron chi connectivity index (χ1n) is 16.0. The molecule has 4 atom stereocenters. The van der Waals surface area contributed by atoms with Crippen LogP contribution in [0.15, 0.2) is 58.2 Å². The van der Waals surface area contributed by atoms with Gasteiger partial charge in [-0.3, -0.25) is 14.4 Å². The molecule has 0 radical (unpaired) electrons. The molecule has 0 amide bonds. The molecule has 45 heavy (non-hydrogen) atoms. The van der Waals surface area contributed by atoms with Gasteiger partial charge in [0, 0.05) is 35.0 Å². The maximum absolute atomic E-state index is 14.7. The molecule has 7 nitrogen and oxygen atoms in total. The molecule has 240 valence electrons. The Labute approximate surface area is 266 Å². The molecule has 2 unspecified atom stereocenters. The van der Waals surface area contributed by atoms with E-state index in [1.165, 1.54) is 5.57 Å². The second-order valence-corrected chi connectivity index (χ2v) is 14.2. The highest BCUT2D eigenvalue weighted by Crippen LogP contribution is 2.68. The zero-order valence-electron chi connectivity index (χ0n) is 27.8. The predicted octanol–water partition coefficient (Wildman–Crippen LogP) is 7.38. The normalized spacial score (nSPS) is 27.8. The largest absolute Gasteiger partial charge is 0.507 e. The van der Waals surface area contributed by atoms with Gasteiger partial charge in [0.1, 0.15) is 29.1 Å². The van der Waals surface area contributed by atoms with E-state index in [0.717, 1.165) is 30.3 Å². The molecular formula is C38H46O7. The van der Waals surface area contributed by atoms with Crippen molar-refractivity contribution in [3.05, 3.63) is 74.9 Å². The van der Waals surface area contributed by atoms with Crippen LogP contribution in [-0.2, 0) is 27.2 Å². The number of allylic oxidation sites excluding steroid dienone is 8. The third kappa shape index (κ3) is 5.04. The zero-order chi connectivity index (χ0) is 33.1. The van der Waals surface area contributed by atoms with E-state index in [1.54, 1.807) is 19.1 Å². The molecule has 1 saturated heterocycles. The van der Waals surface area contributed by atoms with Crippen LogP contribution in [0.25, 0.3) is 0 Å². The van der Waals surface area contributed by atoms with Crippen LogP contribution in [0.1, 0.15) is 103 Å². The minimum Gasteiger partial charge on any atom is -0.507 e. The van der Waals surface area contributed by atoms with E-state index in [-0.39, 0.29) is 59.3 Å². The van der Waals surface area contributed by atoms with Crippen molar-refractivity contribution in [2.24, 2.45) is 11.8 Å². The van der Waals surface area contributed by atoms with E-state index < -0.39 is 28.5 Å². The Morgan fingerprint density at radius 2 is 1.60 bits per heavy atom. The van der Waals surface area contributed by atoms with Crippen LogP contribution >= 0.6 is 0 Å². The van der Waals surface area contributed by atoms with E-state index in [2.05, 4.69) is 19.9 Å². The Kier molecular flexibility index (Phi) is 8.41. The Hall–Kier alpha value is -3.71. The van der Waals surface area contributed by atoms with E-state index in [1.807, 2.05) is 46.8 Å². The number of Topliss-reactive ketones (excluding diaryl/α,β-unsaturated/α-hetero) is 2. The minimum atomic E-state index is -1.55. The molecule has 4 bridgehead atoms. The maximum Gasteiger partial charge on any atom is 0.200 e. The molecule has 1 spiro atoms. The van der Waals surface area contributed by atoms with Gasteiger partial charge in [0.2, 0.25) is 0 Å². The fraction of sp³-hybridized carbons (Fsp3) is 0.500. The van der Waals surface area contributed by atoms with Gasteiger partial charge in [0.05, 0.1) is 5.60 Å². The molecule has 6 rings (SSSR count). The number of carbonyl (C=O) groups is 3.